The standard InChI is InChI=1S/C13H17ClN4O/c1-19-12-5-2-4-11(14)10(12)8-15-7-3-6-13-16-9-17-18-13/h2,4-5,9,15H,3,6-8H2,1H3,(H,16,17,18). The number of hydrogen-bond donors (Lipinski definition) is 2. The molecule has 0 aliphatic carbocycles. The fraction of sp³-hybridized carbons (Fsp3) is 0.385. The van der Waals surface area contributed by atoms with Gasteiger partial charge in [0, 0.05) is 23.6 Å². The van der Waals surface area contributed by atoms with Gasteiger partial charge in [0.15, 0.2) is 0 Å². The summed E-state index contributed by atoms with van der Waals surface area (Å²) in [7, 11) is 1.65. The van der Waals surface area contributed by atoms with E-state index < -0.39 is 0 Å². The number of nitrogens with one attached hydrogen (secondary N) is 2. The van der Waals surface area contributed by atoms with Crippen LogP contribution in [0.3, 0.4) is 0 Å². The summed E-state index contributed by atoms with van der Waals surface area (Å²) in [5.41, 5.74) is 0.992. The minimum absolute atomic E-state index is 0.694. The predicted octanol–water partition coefficient (Wildman–Crippen LogP) is 2.19. The number of ether oxygens (including phenoxy) is 1. The number of aryl methyl sites for hydroxylation is 1. The third-order valence-electron chi connectivity index (χ3n) is 2.83. The molecule has 2 aromatic rings. The van der Waals surface area contributed by atoms with E-state index in [9.17, 15) is 0 Å². The van der Waals surface area contributed by atoms with E-state index >= 15 is 0 Å². The van der Waals surface area contributed by atoms with Crippen molar-refractivity contribution in [3.63, 3.8) is 0 Å². The summed E-state index contributed by atoms with van der Waals surface area (Å²) in [5, 5.41) is 10.7. The Morgan fingerprint density at radius 2 is 2.32 bits per heavy atom. The number of aromatic nitrogens is 3. The second-order valence-electron chi connectivity index (χ2n) is 4.13. The van der Waals surface area contributed by atoms with Gasteiger partial charge in [-0.2, -0.15) is 5.10 Å². The Bertz CT molecular complexity index is 501. The van der Waals surface area contributed by atoms with Crippen molar-refractivity contribution in [3.05, 3.63) is 40.9 Å². The van der Waals surface area contributed by atoms with Crippen molar-refractivity contribution < 1.29 is 4.74 Å². The molecule has 1 aromatic heterocycles. The van der Waals surface area contributed by atoms with E-state index in [-0.39, 0.29) is 0 Å². The van der Waals surface area contributed by atoms with Gasteiger partial charge in [-0.3, -0.25) is 5.10 Å². The van der Waals surface area contributed by atoms with Gasteiger partial charge in [0.25, 0.3) is 0 Å². The van der Waals surface area contributed by atoms with E-state index in [1.165, 1.54) is 6.33 Å². The van der Waals surface area contributed by atoms with Crippen molar-refractivity contribution in [3.8, 4) is 5.75 Å². The first-order valence-electron chi connectivity index (χ1n) is 6.17. The summed E-state index contributed by atoms with van der Waals surface area (Å²) in [5.74, 6) is 1.73. The minimum Gasteiger partial charge on any atom is -0.496 e. The molecule has 2 rings (SSSR count). The van der Waals surface area contributed by atoms with Crippen molar-refractivity contribution in [2.45, 2.75) is 19.4 Å². The molecule has 2 N–H and O–H groups in total. The van der Waals surface area contributed by atoms with Gasteiger partial charge in [0.1, 0.15) is 17.9 Å². The molecule has 1 heterocycles. The molecule has 5 nitrogen and oxygen atoms in total. The van der Waals surface area contributed by atoms with Crippen molar-refractivity contribution in [1.82, 2.24) is 20.5 Å². The van der Waals surface area contributed by atoms with Crippen LogP contribution in [-0.4, -0.2) is 28.8 Å². The fourth-order valence-electron chi connectivity index (χ4n) is 1.85. The maximum absolute atomic E-state index is 6.16. The normalized spacial score (nSPS) is 10.6. The van der Waals surface area contributed by atoms with Crippen molar-refractivity contribution in [2.24, 2.45) is 0 Å². The molecule has 0 spiro atoms. The van der Waals surface area contributed by atoms with Crippen LogP contribution in [0.25, 0.3) is 0 Å². The Balaban J connectivity index is 1.76. The van der Waals surface area contributed by atoms with Gasteiger partial charge >= 0.3 is 0 Å². The van der Waals surface area contributed by atoms with Gasteiger partial charge in [-0.15, -0.1) is 0 Å². The number of H-pyrrole nitrogens is 1. The molecule has 6 heteroatoms. The monoisotopic (exact) mass is 280 g/mol. The highest BCUT2D eigenvalue weighted by atomic mass is 35.5. The highest BCUT2D eigenvalue weighted by Crippen LogP contribution is 2.25. The summed E-state index contributed by atoms with van der Waals surface area (Å²) in [6.07, 6.45) is 3.39. The summed E-state index contributed by atoms with van der Waals surface area (Å²) < 4.78 is 5.29. The Labute approximate surface area is 117 Å². The quantitative estimate of drug-likeness (QED) is 0.763. The lowest BCUT2D eigenvalue weighted by atomic mass is 10.2. The van der Waals surface area contributed by atoms with Crippen molar-refractivity contribution >= 4 is 11.6 Å². The molecule has 1 aromatic carbocycles. The van der Waals surface area contributed by atoms with Crippen LogP contribution < -0.4 is 10.1 Å². The molecule has 0 unspecified atom stereocenters. The zero-order valence-electron chi connectivity index (χ0n) is 10.8. The average molecular weight is 281 g/mol. The first kappa shape index (κ1) is 13.8. The molecule has 0 aliphatic rings. The maximum atomic E-state index is 6.16. The Morgan fingerprint density at radius 3 is 3.05 bits per heavy atom. The van der Waals surface area contributed by atoms with Gasteiger partial charge in [0.05, 0.1) is 7.11 Å². The van der Waals surface area contributed by atoms with Gasteiger partial charge in [-0.05, 0) is 25.1 Å². The zero-order chi connectivity index (χ0) is 13.5. The van der Waals surface area contributed by atoms with E-state index in [4.69, 9.17) is 16.3 Å². The second kappa shape index (κ2) is 7.11. The number of halogens is 1. The molecule has 0 fully saturated rings. The van der Waals surface area contributed by atoms with Gasteiger partial charge in [-0.1, -0.05) is 17.7 Å². The molecule has 0 saturated carbocycles. The number of nitrogens with zero attached hydrogens (tertiary/aromatic N) is 2. The maximum Gasteiger partial charge on any atom is 0.137 e. The summed E-state index contributed by atoms with van der Waals surface area (Å²) in [6, 6.07) is 5.67. The summed E-state index contributed by atoms with van der Waals surface area (Å²) >= 11 is 6.16. The largest absolute Gasteiger partial charge is 0.496 e. The van der Waals surface area contributed by atoms with Crippen LogP contribution in [0.1, 0.15) is 17.8 Å². The molecule has 102 valence electrons. The minimum atomic E-state index is 0.694. The molecular weight excluding hydrogens is 264 g/mol. The van der Waals surface area contributed by atoms with E-state index in [1.54, 1.807) is 7.11 Å². The van der Waals surface area contributed by atoms with Crippen molar-refractivity contribution in [2.75, 3.05) is 13.7 Å². The topological polar surface area (TPSA) is 62.8 Å². The first-order valence-corrected chi connectivity index (χ1v) is 6.55. The van der Waals surface area contributed by atoms with E-state index in [1.807, 2.05) is 18.2 Å². The first-order chi connectivity index (χ1) is 9.31. The number of hydrogen-bond acceptors (Lipinski definition) is 4. The van der Waals surface area contributed by atoms with Crippen molar-refractivity contribution in [1.29, 1.82) is 0 Å². The lowest BCUT2D eigenvalue weighted by molar-refractivity contribution is 0.407. The molecule has 0 radical (unpaired) electrons. The number of benzene rings is 1. The van der Waals surface area contributed by atoms with Crippen LogP contribution in [0.5, 0.6) is 5.75 Å². The molecule has 0 amide bonds. The molecule has 19 heavy (non-hydrogen) atoms. The third kappa shape index (κ3) is 3.94. The highest BCUT2D eigenvalue weighted by Gasteiger charge is 2.06. The Hall–Kier alpha value is -1.59. The predicted molar refractivity (Wildman–Crippen MR) is 74.4 cm³/mol. The van der Waals surface area contributed by atoms with Crippen LogP contribution in [0.2, 0.25) is 5.02 Å². The zero-order valence-corrected chi connectivity index (χ0v) is 11.6. The van der Waals surface area contributed by atoms with Gasteiger partial charge in [-0.25, -0.2) is 4.98 Å². The van der Waals surface area contributed by atoms with Gasteiger partial charge in [0.2, 0.25) is 0 Å². The smallest absolute Gasteiger partial charge is 0.137 e. The Kier molecular flexibility index (Phi) is 5.18. The second-order valence-corrected chi connectivity index (χ2v) is 4.54. The van der Waals surface area contributed by atoms with Crippen LogP contribution in [0.15, 0.2) is 24.5 Å². The SMILES string of the molecule is COc1cccc(Cl)c1CNCCCc1ncn[nH]1. The average Bonchev–Trinajstić information content (AvgIpc) is 2.93. The highest BCUT2D eigenvalue weighted by molar-refractivity contribution is 6.31. The van der Waals surface area contributed by atoms with Crippen LogP contribution in [-0.2, 0) is 13.0 Å². The molecule has 0 aliphatic heterocycles. The molecule has 0 saturated heterocycles. The molecule has 0 bridgehead atoms. The molecular formula is C13H17ClN4O. The summed E-state index contributed by atoms with van der Waals surface area (Å²) in [6.45, 7) is 1.58. The van der Waals surface area contributed by atoms with E-state index in [0.29, 0.717) is 6.54 Å². The summed E-state index contributed by atoms with van der Waals surface area (Å²) in [4.78, 5) is 4.08. The Morgan fingerprint density at radius 1 is 1.42 bits per heavy atom. The fourth-order valence-corrected chi connectivity index (χ4v) is 2.08. The van der Waals surface area contributed by atoms with E-state index in [2.05, 4.69) is 20.5 Å². The molecule has 0 atom stereocenters. The lowest BCUT2D eigenvalue weighted by Crippen LogP contribution is -2.16. The van der Waals surface area contributed by atoms with E-state index in [0.717, 1.165) is 41.5 Å². The number of rotatable bonds is 7. The van der Waals surface area contributed by atoms with Crippen LogP contribution in [0.4, 0.5) is 0 Å². The lowest BCUT2D eigenvalue weighted by Gasteiger charge is -2.11. The third-order valence-corrected chi connectivity index (χ3v) is 3.18. The number of aromatic amines is 1. The van der Waals surface area contributed by atoms with Crippen LogP contribution >= 0.6 is 11.6 Å². The number of methoxy groups -OCH3 is 1. The van der Waals surface area contributed by atoms with Crippen LogP contribution in [0, 0.1) is 0 Å². The van der Waals surface area contributed by atoms with Gasteiger partial charge < -0.3 is 10.1 Å².